The lowest BCUT2D eigenvalue weighted by molar-refractivity contribution is 0.0924. The first-order valence-corrected chi connectivity index (χ1v) is 5.58. The molecule has 0 radical (unpaired) electrons. The quantitative estimate of drug-likeness (QED) is 0.614. The summed E-state index contributed by atoms with van der Waals surface area (Å²) in [5.74, 6) is 0.673. The molecule has 0 amide bonds. The number of methoxy groups -OCH3 is 1. The Morgan fingerprint density at radius 2 is 2.19 bits per heavy atom. The van der Waals surface area contributed by atoms with Crippen molar-refractivity contribution in [3.63, 3.8) is 0 Å². The van der Waals surface area contributed by atoms with Crippen molar-refractivity contribution in [2.75, 3.05) is 12.8 Å². The van der Waals surface area contributed by atoms with Crippen LogP contribution in [-0.2, 0) is 0 Å². The van der Waals surface area contributed by atoms with Gasteiger partial charge in [-0.2, -0.15) is 0 Å². The second kappa shape index (κ2) is 5.54. The van der Waals surface area contributed by atoms with Crippen LogP contribution in [0, 0.1) is 5.92 Å². The molecule has 1 rings (SSSR count). The minimum Gasteiger partial charge on any atom is -0.495 e. The smallest absolute Gasteiger partial charge is 0.167 e. The van der Waals surface area contributed by atoms with Crippen molar-refractivity contribution in [2.24, 2.45) is 5.92 Å². The molecule has 3 nitrogen and oxygen atoms in total. The summed E-state index contributed by atoms with van der Waals surface area (Å²) >= 11 is 0. The van der Waals surface area contributed by atoms with Crippen LogP contribution >= 0.6 is 0 Å². The number of carbonyl (C=O) groups excluding carboxylic acids is 1. The van der Waals surface area contributed by atoms with E-state index in [2.05, 4.69) is 6.92 Å². The molecule has 0 fully saturated rings. The molecule has 0 bridgehead atoms. The third kappa shape index (κ3) is 2.54. The number of ether oxygens (including phenoxy) is 1. The minimum absolute atomic E-state index is 0.0133. The molecule has 1 aromatic rings. The van der Waals surface area contributed by atoms with Crippen LogP contribution in [0.2, 0.25) is 0 Å². The molecular weight excluding hydrogens is 202 g/mol. The monoisotopic (exact) mass is 221 g/mol. The molecule has 0 aliphatic carbocycles. The van der Waals surface area contributed by atoms with Crippen LogP contribution in [0.4, 0.5) is 5.69 Å². The highest BCUT2D eigenvalue weighted by Crippen LogP contribution is 2.27. The summed E-state index contributed by atoms with van der Waals surface area (Å²) in [6.45, 7) is 4.00. The van der Waals surface area contributed by atoms with Crippen molar-refractivity contribution in [3.8, 4) is 5.75 Å². The molecule has 1 aromatic carbocycles. The third-order valence-electron chi connectivity index (χ3n) is 2.72. The molecular formula is C13H19NO2. The summed E-state index contributed by atoms with van der Waals surface area (Å²) in [6, 6.07) is 5.31. The van der Waals surface area contributed by atoms with E-state index in [1.807, 2.05) is 6.92 Å². The van der Waals surface area contributed by atoms with E-state index in [9.17, 15) is 4.79 Å². The van der Waals surface area contributed by atoms with Gasteiger partial charge in [0.15, 0.2) is 5.78 Å². The maximum Gasteiger partial charge on any atom is 0.167 e. The fourth-order valence-corrected chi connectivity index (χ4v) is 1.77. The molecule has 1 unspecified atom stereocenters. The second-order valence-corrected chi connectivity index (χ2v) is 3.98. The Bertz CT molecular complexity index is 374. The number of nitrogen functional groups attached to an aromatic ring is 1. The van der Waals surface area contributed by atoms with Crippen LogP contribution in [0.5, 0.6) is 5.75 Å². The molecule has 88 valence electrons. The van der Waals surface area contributed by atoms with Crippen LogP contribution in [0.1, 0.15) is 37.0 Å². The van der Waals surface area contributed by atoms with E-state index in [0.29, 0.717) is 17.0 Å². The molecule has 2 N–H and O–H groups in total. The van der Waals surface area contributed by atoms with Gasteiger partial charge in [-0.1, -0.05) is 26.3 Å². The van der Waals surface area contributed by atoms with Gasteiger partial charge in [0.1, 0.15) is 5.75 Å². The maximum absolute atomic E-state index is 12.1. The van der Waals surface area contributed by atoms with Gasteiger partial charge in [-0.3, -0.25) is 4.79 Å². The number of hydrogen-bond donors (Lipinski definition) is 1. The van der Waals surface area contributed by atoms with Crippen molar-refractivity contribution >= 4 is 11.5 Å². The highest BCUT2D eigenvalue weighted by atomic mass is 16.5. The van der Waals surface area contributed by atoms with E-state index >= 15 is 0 Å². The van der Waals surface area contributed by atoms with Gasteiger partial charge in [-0.15, -0.1) is 0 Å². The van der Waals surface area contributed by atoms with E-state index in [1.165, 1.54) is 0 Å². The predicted octanol–water partition coefficient (Wildman–Crippen LogP) is 2.90. The molecule has 0 saturated heterocycles. The molecule has 0 saturated carbocycles. The van der Waals surface area contributed by atoms with Gasteiger partial charge in [-0.25, -0.2) is 0 Å². The largest absolute Gasteiger partial charge is 0.495 e. The number of benzene rings is 1. The first-order chi connectivity index (χ1) is 7.61. The lowest BCUT2D eigenvalue weighted by atomic mass is 9.94. The molecule has 1 atom stereocenters. The molecule has 0 aliphatic heterocycles. The van der Waals surface area contributed by atoms with Crippen LogP contribution in [0.3, 0.4) is 0 Å². The lowest BCUT2D eigenvalue weighted by Crippen LogP contribution is -2.13. The first-order valence-electron chi connectivity index (χ1n) is 5.58. The summed E-state index contributed by atoms with van der Waals surface area (Å²) in [4.78, 5) is 12.1. The average Bonchev–Trinajstić information content (AvgIpc) is 2.29. The molecule has 3 heteroatoms. The number of ketones is 1. The van der Waals surface area contributed by atoms with Crippen LogP contribution in [-0.4, -0.2) is 12.9 Å². The van der Waals surface area contributed by atoms with Gasteiger partial charge >= 0.3 is 0 Å². The lowest BCUT2D eigenvalue weighted by Gasteiger charge is -2.13. The maximum atomic E-state index is 12.1. The number of carbonyl (C=O) groups is 1. The van der Waals surface area contributed by atoms with Gasteiger partial charge in [-0.05, 0) is 18.6 Å². The van der Waals surface area contributed by atoms with E-state index in [-0.39, 0.29) is 11.7 Å². The Morgan fingerprint density at radius 1 is 1.50 bits per heavy atom. The average molecular weight is 221 g/mol. The summed E-state index contributed by atoms with van der Waals surface area (Å²) < 4.78 is 5.10. The van der Waals surface area contributed by atoms with Crippen LogP contribution < -0.4 is 10.5 Å². The Hall–Kier alpha value is -1.51. The van der Waals surface area contributed by atoms with Gasteiger partial charge < -0.3 is 10.5 Å². The number of anilines is 1. The molecule has 0 spiro atoms. The van der Waals surface area contributed by atoms with Crippen molar-refractivity contribution in [3.05, 3.63) is 23.8 Å². The van der Waals surface area contributed by atoms with E-state index in [0.717, 1.165) is 12.8 Å². The number of para-hydroxylation sites is 1. The van der Waals surface area contributed by atoms with Crippen molar-refractivity contribution in [1.29, 1.82) is 0 Å². The van der Waals surface area contributed by atoms with Crippen molar-refractivity contribution in [1.82, 2.24) is 0 Å². The topological polar surface area (TPSA) is 52.3 Å². The Labute approximate surface area is 96.6 Å². The predicted molar refractivity (Wildman–Crippen MR) is 65.8 cm³/mol. The summed E-state index contributed by atoms with van der Waals surface area (Å²) in [7, 11) is 1.55. The zero-order valence-electron chi connectivity index (χ0n) is 10.1. The number of hydrogen-bond acceptors (Lipinski definition) is 3. The highest BCUT2D eigenvalue weighted by Gasteiger charge is 2.18. The second-order valence-electron chi connectivity index (χ2n) is 3.98. The van der Waals surface area contributed by atoms with Crippen LogP contribution in [0.25, 0.3) is 0 Å². The van der Waals surface area contributed by atoms with Gasteiger partial charge in [0.2, 0.25) is 0 Å². The standard InChI is InChI=1S/C13H19NO2/c1-4-6-9(2)13(15)10-7-5-8-11(16-3)12(10)14/h5,7-9H,4,6,14H2,1-3H3. The van der Waals surface area contributed by atoms with E-state index < -0.39 is 0 Å². The molecule has 0 heterocycles. The van der Waals surface area contributed by atoms with E-state index in [1.54, 1.807) is 25.3 Å². The summed E-state index contributed by atoms with van der Waals surface area (Å²) in [5.41, 5.74) is 6.90. The van der Waals surface area contributed by atoms with Crippen molar-refractivity contribution in [2.45, 2.75) is 26.7 Å². The van der Waals surface area contributed by atoms with E-state index in [4.69, 9.17) is 10.5 Å². The Kier molecular flexibility index (Phi) is 4.35. The normalized spacial score (nSPS) is 12.2. The number of nitrogens with two attached hydrogens (primary N) is 1. The number of Topliss-reactive ketones (excluding diaryl/α,β-unsaturated/α-hetero) is 1. The number of rotatable bonds is 5. The van der Waals surface area contributed by atoms with Gasteiger partial charge in [0, 0.05) is 11.5 Å². The summed E-state index contributed by atoms with van der Waals surface area (Å²) in [5, 5.41) is 0. The SMILES string of the molecule is CCCC(C)C(=O)c1cccc(OC)c1N. The van der Waals surface area contributed by atoms with Gasteiger partial charge in [0.25, 0.3) is 0 Å². The highest BCUT2D eigenvalue weighted by molar-refractivity contribution is 6.03. The Morgan fingerprint density at radius 3 is 2.75 bits per heavy atom. The zero-order valence-corrected chi connectivity index (χ0v) is 10.1. The first kappa shape index (κ1) is 12.6. The minimum atomic E-state index is 0.0133. The molecule has 0 aliphatic rings. The van der Waals surface area contributed by atoms with Crippen molar-refractivity contribution < 1.29 is 9.53 Å². The Balaban J connectivity index is 2.99. The fourth-order valence-electron chi connectivity index (χ4n) is 1.77. The zero-order chi connectivity index (χ0) is 12.1. The third-order valence-corrected chi connectivity index (χ3v) is 2.72. The molecule has 16 heavy (non-hydrogen) atoms. The van der Waals surface area contributed by atoms with Gasteiger partial charge in [0.05, 0.1) is 12.8 Å². The van der Waals surface area contributed by atoms with Crippen LogP contribution in [0.15, 0.2) is 18.2 Å². The fraction of sp³-hybridized carbons (Fsp3) is 0.462. The molecule has 0 aromatic heterocycles. The summed E-state index contributed by atoms with van der Waals surface area (Å²) in [6.07, 6.45) is 1.88.